The fourth-order valence-corrected chi connectivity index (χ4v) is 2.01. The number of carbonyl (C=O) groups is 1. The lowest BCUT2D eigenvalue weighted by molar-refractivity contribution is -0.149. The van der Waals surface area contributed by atoms with Crippen LogP contribution in [0.15, 0.2) is 40.9 Å². The van der Waals surface area contributed by atoms with Crippen LogP contribution in [0, 0.1) is 5.92 Å². The molecule has 2 atom stereocenters. The average molecular weight is 313 g/mol. The van der Waals surface area contributed by atoms with Gasteiger partial charge in [0.1, 0.15) is 0 Å². The van der Waals surface area contributed by atoms with Crippen LogP contribution >= 0.6 is 15.9 Å². The normalized spacial score (nSPS) is 13.8. The summed E-state index contributed by atoms with van der Waals surface area (Å²) < 4.78 is 5.65. The first kappa shape index (κ1) is 14.9. The molecule has 0 unspecified atom stereocenters. The predicted molar refractivity (Wildman–Crippen MR) is 74.0 cm³/mol. The van der Waals surface area contributed by atoms with Gasteiger partial charge in [0, 0.05) is 4.47 Å². The first-order valence-electron chi connectivity index (χ1n) is 5.61. The van der Waals surface area contributed by atoms with Crippen molar-refractivity contribution >= 4 is 21.9 Å². The summed E-state index contributed by atoms with van der Waals surface area (Å²) in [6.07, 6.45) is -0.480. The number of aliphatic hydroxyl groups excluding tert-OH is 1. The molecule has 0 amide bonds. The van der Waals surface area contributed by atoms with Crippen molar-refractivity contribution in [2.45, 2.75) is 19.4 Å². The van der Waals surface area contributed by atoms with Crippen LogP contribution in [0.2, 0.25) is 0 Å². The summed E-state index contributed by atoms with van der Waals surface area (Å²) in [5.41, 5.74) is 1.52. The van der Waals surface area contributed by atoms with Gasteiger partial charge in [0.05, 0.1) is 19.1 Å². The van der Waals surface area contributed by atoms with E-state index in [4.69, 9.17) is 4.74 Å². The monoisotopic (exact) mass is 312 g/mol. The molecule has 3 nitrogen and oxygen atoms in total. The fourth-order valence-electron chi connectivity index (χ4n) is 1.74. The Hall–Kier alpha value is -1.13. The standard InChI is InChI=1S/C14H17BrO3/c1-9(2)8-12(14(17)18-3)13(16)10-4-6-11(15)7-5-10/h4-7,12-13,16H,1,8H2,2-3H3/t12-,13+/m0/s1. The molecule has 0 radical (unpaired) electrons. The minimum absolute atomic E-state index is 0.407. The minimum atomic E-state index is -0.887. The first-order valence-corrected chi connectivity index (χ1v) is 6.40. The zero-order valence-corrected chi connectivity index (χ0v) is 12.1. The summed E-state index contributed by atoms with van der Waals surface area (Å²) in [7, 11) is 1.32. The number of esters is 1. The predicted octanol–water partition coefficient (Wildman–Crippen LogP) is 3.24. The largest absolute Gasteiger partial charge is 0.469 e. The topological polar surface area (TPSA) is 46.5 Å². The van der Waals surface area contributed by atoms with Crippen molar-refractivity contribution in [3.63, 3.8) is 0 Å². The smallest absolute Gasteiger partial charge is 0.311 e. The molecule has 1 aromatic rings. The third kappa shape index (κ3) is 3.96. The van der Waals surface area contributed by atoms with Crippen LogP contribution in [0.5, 0.6) is 0 Å². The second-order valence-corrected chi connectivity index (χ2v) is 5.20. The van der Waals surface area contributed by atoms with Crippen molar-refractivity contribution in [3.8, 4) is 0 Å². The zero-order chi connectivity index (χ0) is 13.7. The fraction of sp³-hybridized carbons (Fsp3) is 0.357. The van der Waals surface area contributed by atoms with Gasteiger partial charge >= 0.3 is 5.97 Å². The van der Waals surface area contributed by atoms with Crippen molar-refractivity contribution in [1.29, 1.82) is 0 Å². The molecule has 0 spiro atoms. The van der Waals surface area contributed by atoms with Crippen molar-refractivity contribution in [2.75, 3.05) is 7.11 Å². The number of benzene rings is 1. The average Bonchev–Trinajstić information content (AvgIpc) is 2.35. The number of carbonyl (C=O) groups excluding carboxylic acids is 1. The van der Waals surface area contributed by atoms with Gasteiger partial charge in [-0.1, -0.05) is 33.6 Å². The third-order valence-corrected chi connectivity index (χ3v) is 3.19. The molecule has 0 aliphatic heterocycles. The van der Waals surface area contributed by atoms with Gasteiger partial charge in [-0.15, -0.1) is 6.58 Å². The summed E-state index contributed by atoms with van der Waals surface area (Å²) >= 11 is 3.33. The number of rotatable bonds is 5. The van der Waals surface area contributed by atoms with Gasteiger partial charge in [0.2, 0.25) is 0 Å². The van der Waals surface area contributed by atoms with Crippen molar-refractivity contribution in [1.82, 2.24) is 0 Å². The lowest BCUT2D eigenvalue weighted by Gasteiger charge is -2.21. The van der Waals surface area contributed by atoms with Crippen LogP contribution in [-0.4, -0.2) is 18.2 Å². The second-order valence-electron chi connectivity index (χ2n) is 4.29. The van der Waals surface area contributed by atoms with Gasteiger partial charge in [0.15, 0.2) is 0 Å². The van der Waals surface area contributed by atoms with Crippen LogP contribution < -0.4 is 0 Å². The molecule has 98 valence electrons. The molecule has 0 bridgehead atoms. The van der Waals surface area contributed by atoms with Crippen LogP contribution in [0.1, 0.15) is 25.0 Å². The summed E-state index contributed by atoms with van der Waals surface area (Å²) in [6, 6.07) is 7.22. The van der Waals surface area contributed by atoms with E-state index in [1.807, 2.05) is 19.1 Å². The van der Waals surface area contributed by atoms with Gasteiger partial charge < -0.3 is 9.84 Å². The van der Waals surface area contributed by atoms with Crippen LogP contribution in [0.25, 0.3) is 0 Å². The van der Waals surface area contributed by atoms with E-state index < -0.39 is 18.0 Å². The maximum Gasteiger partial charge on any atom is 0.311 e. The van der Waals surface area contributed by atoms with E-state index in [9.17, 15) is 9.90 Å². The number of halogens is 1. The molecule has 0 aliphatic rings. The minimum Gasteiger partial charge on any atom is -0.469 e. The number of hydrogen-bond donors (Lipinski definition) is 1. The SMILES string of the molecule is C=C(C)C[C@H](C(=O)OC)[C@H](O)c1ccc(Br)cc1. The second kappa shape index (κ2) is 6.71. The Bertz CT molecular complexity index is 425. The number of hydrogen-bond acceptors (Lipinski definition) is 3. The molecule has 1 aromatic carbocycles. The quantitative estimate of drug-likeness (QED) is 0.670. The van der Waals surface area contributed by atoms with Gasteiger partial charge in [0.25, 0.3) is 0 Å². The number of aliphatic hydroxyl groups is 1. The Morgan fingerprint density at radius 1 is 1.44 bits per heavy atom. The van der Waals surface area contributed by atoms with E-state index >= 15 is 0 Å². The maximum absolute atomic E-state index is 11.7. The summed E-state index contributed by atoms with van der Waals surface area (Å²) in [5, 5.41) is 10.3. The molecular formula is C14H17BrO3. The van der Waals surface area contributed by atoms with Crippen LogP contribution in [-0.2, 0) is 9.53 Å². The molecule has 0 heterocycles. The van der Waals surface area contributed by atoms with Gasteiger partial charge in [-0.2, -0.15) is 0 Å². The number of methoxy groups -OCH3 is 1. The molecule has 0 saturated heterocycles. The third-order valence-electron chi connectivity index (χ3n) is 2.66. The van der Waals surface area contributed by atoms with Gasteiger partial charge in [-0.25, -0.2) is 0 Å². The molecule has 0 saturated carbocycles. The van der Waals surface area contributed by atoms with E-state index in [0.29, 0.717) is 12.0 Å². The molecule has 4 heteroatoms. The van der Waals surface area contributed by atoms with Crippen LogP contribution in [0.3, 0.4) is 0 Å². The highest BCUT2D eigenvalue weighted by molar-refractivity contribution is 9.10. The zero-order valence-electron chi connectivity index (χ0n) is 10.5. The lowest BCUT2D eigenvalue weighted by Crippen LogP contribution is -2.24. The Morgan fingerprint density at radius 2 is 2.00 bits per heavy atom. The summed E-state index contributed by atoms with van der Waals surface area (Å²) in [4.78, 5) is 11.7. The Kier molecular flexibility index (Phi) is 5.56. The van der Waals surface area contributed by atoms with E-state index in [2.05, 4.69) is 22.5 Å². The van der Waals surface area contributed by atoms with E-state index in [0.717, 1.165) is 10.0 Å². The maximum atomic E-state index is 11.7. The molecular weight excluding hydrogens is 296 g/mol. The molecule has 18 heavy (non-hydrogen) atoms. The highest BCUT2D eigenvalue weighted by Gasteiger charge is 2.28. The first-order chi connectivity index (χ1) is 8.45. The van der Waals surface area contributed by atoms with Crippen molar-refractivity contribution in [3.05, 3.63) is 46.5 Å². The van der Waals surface area contributed by atoms with E-state index in [-0.39, 0.29) is 0 Å². The van der Waals surface area contributed by atoms with E-state index in [1.54, 1.807) is 12.1 Å². The van der Waals surface area contributed by atoms with Crippen molar-refractivity contribution < 1.29 is 14.6 Å². The summed E-state index contributed by atoms with van der Waals surface area (Å²) in [5.74, 6) is -1.04. The van der Waals surface area contributed by atoms with Crippen molar-refractivity contribution in [2.24, 2.45) is 5.92 Å². The highest BCUT2D eigenvalue weighted by atomic mass is 79.9. The molecule has 0 fully saturated rings. The van der Waals surface area contributed by atoms with Gasteiger partial charge in [-0.3, -0.25) is 4.79 Å². The number of ether oxygens (including phenoxy) is 1. The Labute approximate surface area is 116 Å². The molecule has 1 rings (SSSR count). The lowest BCUT2D eigenvalue weighted by atomic mass is 9.90. The molecule has 0 aliphatic carbocycles. The van der Waals surface area contributed by atoms with E-state index in [1.165, 1.54) is 7.11 Å². The highest BCUT2D eigenvalue weighted by Crippen LogP contribution is 2.28. The molecule has 1 N–H and O–H groups in total. The van der Waals surface area contributed by atoms with Gasteiger partial charge in [-0.05, 0) is 31.0 Å². The Balaban J connectivity index is 2.94. The summed E-state index contributed by atoms with van der Waals surface area (Å²) in [6.45, 7) is 5.60. The Morgan fingerprint density at radius 3 is 2.44 bits per heavy atom. The van der Waals surface area contributed by atoms with Crippen LogP contribution in [0.4, 0.5) is 0 Å². The molecule has 0 aromatic heterocycles. The number of allylic oxidation sites excluding steroid dienone is 1.